The van der Waals surface area contributed by atoms with Crippen molar-refractivity contribution in [1.82, 2.24) is 4.90 Å². The van der Waals surface area contributed by atoms with Crippen molar-refractivity contribution in [2.45, 2.75) is 58.5 Å². The van der Waals surface area contributed by atoms with Crippen molar-refractivity contribution in [3.63, 3.8) is 0 Å². The van der Waals surface area contributed by atoms with E-state index in [1.165, 1.54) is 12.8 Å². The van der Waals surface area contributed by atoms with E-state index in [2.05, 4.69) is 18.7 Å². The maximum atomic E-state index is 11.3. The molecule has 1 aliphatic carbocycles. The smallest absolute Gasteiger partial charge is 0.234 e. The molecule has 0 aromatic carbocycles. The maximum absolute atomic E-state index is 11.3. The first kappa shape index (κ1) is 12.5. The molecule has 1 amide bonds. The van der Waals surface area contributed by atoms with Crippen LogP contribution in [0.15, 0.2) is 0 Å². The van der Waals surface area contributed by atoms with Gasteiger partial charge in [0.05, 0.1) is 6.04 Å². The van der Waals surface area contributed by atoms with E-state index in [-0.39, 0.29) is 11.9 Å². The third-order valence-electron chi connectivity index (χ3n) is 3.10. The van der Waals surface area contributed by atoms with Crippen molar-refractivity contribution in [2.24, 2.45) is 11.7 Å². The molecule has 15 heavy (non-hydrogen) atoms. The molecular formula is C12H24N2O. The fraction of sp³-hybridized carbons (Fsp3) is 0.917. The van der Waals surface area contributed by atoms with Gasteiger partial charge in [0.25, 0.3) is 0 Å². The highest BCUT2D eigenvalue weighted by molar-refractivity contribution is 5.79. The van der Waals surface area contributed by atoms with Crippen molar-refractivity contribution in [1.29, 1.82) is 0 Å². The Kier molecular flexibility index (Phi) is 4.58. The van der Waals surface area contributed by atoms with Crippen LogP contribution in [0.1, 0.15) is 46.5 Å². The van der Waals surface area contributed by atoms with Gasteiger partial charge in [0.15, 0.2) is 0 Å². The number of nitrogens with two attached hydrogens (primary N) is 1. The molecule has 0 aliphatic heterocycles. The maximum Gasteiger partial charge on any atom is 0.234 e. The van der Waals surface area contributed by atoms with Gasteiger partial charge in [-0.1, -0.05) is 20.8 Å². The predicted molar refractivity (Wildman–Crippen MR) is 62.5 cm³/mol. The fourth-order valence-electron chi connectivity index (χ4n) is 2.01. The number of nitrogens with zero attached hydrogens (tertiary/aromatic N) is 1. The Bertz CT molecular complexity index is 212. The van der Waals surface area contributed by atoms with Crippen LogP contribution >= 0.6 is 0 Å². The van der Waals surface area contributed by atoms with Crippen LogP contribution in [0.25, 0.3) is 0 Å². The van der Waals surface area contributed by atoms with E-state index in [1.54, 1.807) is 0 Å². The van der Waals surface area contributed by atoms with E-state index >= 15 is 0 Å². The van der Waals surface area contributed by atoms with Crippen LogP contribution in [-0.2, 0) is 4.79 Å². The van der Waals surface area contributed by atoms with Crippen LogP contribution in [0.3, 0.4) is 0 Å². The van der Waals surface area contributed by atoms with Crippen LogP contribution in [0.4, 0.5) is 0 Å². The molecule has 0 radical (unpaired) electrons. The molecular weight excluding hydrogens is 188 g/mol. The average molecular weight is 212 g/mol. The minimum Gasteiger partial charge on any atom is -0.368 e. The lowest BCUT2D eigenvalue weighted by Gasteiger charge is -2.29. The summed E-state index contributed by atoms with van der Waals surface area (Å²) in [6, 6.07) is 0.581. The van der Waals surface area contributed by atoms with Crippen molar-refractivity contribution in [3.8, 4) is 0 Å². The zero-order chi connectivity index (χ0) is 11.4. The van der Waals surface area contributed by atoms with Crippen LogP contribution in [0.2, 0.25) is 0 Å². The van der Waals surface area contributed by atoms with E-state index in [0.29, 0.717) is 12.0 Å². The van der Waals surface area contributed by atoms with Gasteiger partial charge >= 0.3 is 0 Å². The van der Waals surface area contributed by atoms with Crippen LogP contribution in [0.5, 0.6) is 0 Å². The second kappa shape index (κ2) is 5.50. The van der Waals surface area contributed by atoms with Gasteiger partial charge in [0.1, 0.15) is 0 Å². The SMILES string of the molecule is CCC(C(N)=O)N(CCC(C)C)C1CC1. The Labute approximate surface area is 93.0 Å². The number of primary amides is 1. The van der Waals surface area contributed by atoms with Crippen molar-refractivity contribution in [3.05, 3.63) is 0 Å². The monoisotopic (exact) mass is 212 g/mol. The number of carbonyl (C=O) groups excluding carboxylic acids is 1. The molecule has 1 aliphatic rings. The van der Waals surface area contributed by atoms with Crippen molar-refractivity contribution < 1.29 is 4.79 Å². The zero-order valence-corrected chi connectivity index (χ0v) is 10.2. The number of rotatable bonds is 7. The summed E-state index contributed by atoms with van der Waals surface area (Å²) in [7, 11) is 0. The van der Waals surface area contributed by atoms with Gasteiger partial charge in [-0.05, 0) is 38.1 Å². The van der Waals surface area contributed by atoms with E-state index in [1.807, 2.05) is 6.92 Å². The first-order chi connectivity index (χ1) is 7.06. The molecule has 2 N–H and O–H groups in total. The van der Waals surface area contributed by atoms with Gasteiger partial charge < -0.3 is 5.73 Å². The zero-order valence-electron chi connectivity index (χ0n) is 10.2. The standard InChI is InChI=1S/C12H24N2O/c1-4-11(12(13)15)14(10-5-6-10)8-7-9(2)3/h9-11H,4-8H2,1-3H3,(H2,13,15). The van der Waals surface area contributed by atoms with Crippen LogP contribution in [-0.4, -0.2) is 29.4 Å². The Morgan fingerprint density at radius 3 is 2.40 bits per heavy atom. The highest BCUT2D eigenvalue weighted by Gasteiger charge is 2.35. The number of hydrogen-bond donors (Lipinski definition) is 1. The second-order valence-electron chi connectivity index (χ2n) is 4.98. The van der Waals surface area contributed by atoms with Gasteiger partial charge in [0.2, 0.25) is 5.91 Å². The molecule has 0 aromatic heterocycles. The molecule has 1 fully saturated rings. The average Bonchev–Trinajstić information content (AvgIpc) is 2.94. The highest BCUT2D eigenvalue weighted by atomic mass is 16.1. The summed E-state index contributed by atoms with van der Waals surface area (Å²) in [5, 5.41) is 0. The van der Waals surface area contributed by atoms with Gasteiger partial charge in [-0.3, -0.25) is 9.69 Å². The molecule has 1 rings (SSSR count). The molecule has 3 nitrogen and oxygen atoms in total. The molecule has 0 spiro atoms. The largest absolute Gasteiger partial charge is 0.368 e. The number of amides is 1. The summed E-state index contributed by atoms with van der Waals surface area (Å²) < 4.78 is 0. The normalized spacial score (nSPS) is 18.5. The molecule has 0 aromatic rings. The third-order valence-corrected chi connectivity index (χ3v) is 3.10. The Hall–Kier alpha value is -0.570. The Morgan fingerprint density at radius 1 is 1.47 bits per heavy atom. The molecule has 88 valence electrons. The van der Waals surface area contributed by atoms with Gasteiger partial charge in [-0.25, -0.2) is 0 Å². The van der Waals surface area contributed by atoms with Gasteiger partial charge in [-0.2, -0.15) is 0 Å². The predicted octanol–water partition coefficient (Wildman–Crippen LogP) is 1.76. The Balaban J connectivity index is 2.51. The fourth-order valence-corrected chi connectivity index (χ4v) is 2.01. The quantitative estimate of drug-likeness (QED) is 0.699. The van der Waals surface area contributed by atoms with Crippen molar-refractivity contribution in [2.75, 3.05) is 6.54 Å². The first-order valence-electron chi connectivity index (χ1n) is 6.11. The summed E-state index contributed by atoms with van der Waals surface area (Å²) >= 11 is 0. The molecule has 1 unspecified atom stereocenters. The molecule has 1 saturated carbocycles. The molecule has 1 atom stereocenters. The highest BCUT2D eigenvalue weighted by Crippen LogP contribution is 2.30. The second-order valence-corrected chi connectivity index (χ2v) is 4.98. The molecule has 3 heteroatoms. The topological polar surface area (TPSA) is 46.3 Å². The lowest BCUT2D eigenvalue weighted by molar-refractivity contribution is -0.123. The van der Waals surface area contributed by atoms with E-state index in [0.717, 1.165) is 19.4 Å². The third kappa shape index (κ3) is 3.82. The first-order valence-corrected chi connectivity index (χ1v) is 6.11. The number of hydrogen-bond acceptors (Lipinski definition) is 2. The van der Waals surface area contributed by atoms with Crippen LogP contribution in [0, 0.1) is 5.92 Å². The summed E-state index contributed by atoms with van der Waals surface area (Å²) in [6.45, 7) is 7.50. The molecule has 0 heterocycles. The summed E-state index contributed by atoms with van der Waals surface area (Å²) in [5.41, 5.74) is 5.44. The Morgan fingerprint density at radius 2 is 2.07 bits per heavy atom. The van der Waals surface area contributed by atoms with Crippen molar-refractivity contribution >= 4 is 5.91 Å². The lowest BCUT2D eigenvalue weighted by atomic mass is 10.1. The van der Waals surface area contributed by atoms with Gasteiger partial charge in [0, 0.05) is 6.04 Å². The molecule has 0 saturated heterocycles. The molecule has 0 bridgehead atoms. The van der Waals surface area contributed by atoms with Gasteiger partial charge in [-0.15, -0.1) is 0 Å². The van der Waals surface area contributed by atoms with E-state index in [9.17, 15) is 4.79 Å². The lowest BCUT2D eigenvalue weighted by Crippen LogP contribution is -2.46. The summed E-state index contributed by atoms with van der Waals surface area (Å²) in [6.07, 6.45) is 4.47. The van der Waals surface area contributed by atoms with E-state index < -0.39 is 0 Å². The minimum atomic E-state index is -0.159. The van der Waals surface area contributed by atoms with Crippen LogP contribution < -0.4 is 5.73 Å². The minimum absolute atomic E-state index is 0.0451. The van der Waals surface area contributed by atoms with E-state index in [4.69, 9.17) is 5.73 Å². The summed E-state index contributed by atoms with van der Waals surface area (Å²) in [4.78, 5) is 13.7. The number of carbonyl (C=O) groups is 1. The summed E-state index contributed by atoms with van der Waals surface area (Å²) in [5.74, 6) is 0.532.